The fraction of sp³-hybridized carbons (Fsp3) is 0.273. The van der Waals surface area contributed by atoms with Crippen LogP contribution in [0.1, 0.15) is 15.3 Å². The molecule has 2 aromatic heterocycles. The molecule has 0 saturated heterocycles. The Balaban J connectivity index is 2.16. The van der Waals surface area contributed by atoms with Crippen molar-refractivity contribution in [3.05, 3.63) is 37.3 Å². The summed E-state index contributed by atoms with van der Waals surface area (Å²) in [6.45, 7) is 2.52. The van der Waals surface area contributed by atoms with Crippen LogP contribution in [-0.2, 0) is 23.1 Å². The second-order valence-electron chi connectivity index (χ2n) is 3.89. The molecule has 0 aromatic carbocycles. The van der Waals surface area contributed by atoms with Gasteiger partial charge in [0, 0.05) is 27.3 Å². The summed E-state index contributed by atoms with van der Waals surface area (Å²) >= 11 is 6.11. The Morgan fingerprint density at radius 1 is 1.42 bits per heavy atom. The highest BCUT2D eigenvalue weighted by atomic mass is 79.9. The van der Waals surface area contributed by atoms with E-state index in [0.717, 1.165) is 19.8 Å². The molecule has 0 aliphatic heterocycles. The van der Waals surface area contributed by atoms with Crippen molar-refractivity contribution < 1.29 is 8.42 Å². The van der Waals surface area contributed by atoms with Crippen molar-refractivity contribution in [2.24, 2.45) is 5.73 Å². The smallest absolute Gasteiger partial charge is 0.250 e. The molecule has 0 radical (unpaired) electrons. The number of sulfonamides is 1. The van der Waals surface area contributed by atoms with E-state index in [9.17, 15) is 8.42 Å². The molecule has 104 valence electrons. The number of nitrogens with two attached hydrogens (primary N) is 1. The van der Waals surface area contributed by atoms with E-state index in [-0.39, 0.29) is 6.54 Å². The number of aryl methyl sites for hydroxylation is 1. The van der Waals surface area contributed by atoms with Gasteiger partial charge in [-0.05, 0) is 45.9 Å². The van der Waals surface area contributed by atoms with E-state index in [1.807, 2.05) is 18.4 Å². The zero-order valence-electron chi connectivity index (χ0n) is 10.1. The van der Waals surface area contributed by atoms with Crippen LogP contribution >= 0.6 is 38.6 Å². The third-order valence-corrected chi connectivity index (χ3v) is 7.62. The first-order valence-electron chi connectivity index (χ1n) is 5.45. The lowest BCUT2D eigenvalue weighted by Crippen LogP contribution is -2.22. The molecule has 0 aliphatic carbocycles. The minimum absolute atomic E-state index is 0.287. The summed E-state index contributed by atoms with van der Waals surface area (Å²) in [6.07, 6.45) is 0. The van der Waals surface area contributed by atoms with Crippen molar-refractivity contribution in [2.75, 3.05) is 0 Å². The summed E-state index contributed by atoms with van der Waals surface area (Å²) in [4.78, 5) is 1.86. The van der Waals surface area contributed by atoms with Crippen molar-refractivity contribution in [1.29, 1.82) is 0 Å². The highest BCUT2D eigenvalue weighted by Gasteiger charge is 2.18. The summed E-state index contributed by atoms with van der Waals surface area (Å²) in [7, 11) is -3.47. The van der Waals surface area contributed by atoms with Gasteiger partial charge >= 0.3 is 0 Å². The van der Waals surface area contributed by atoms with E-state index in [4.69, 9.17) is 5.73 Å². The van der Waals surface area contributed by atoms with Gasteiger partial charge in [-0.15, -0.1) is 22.7 Å². The first kappa shape index (κ1) is 15.1. The molecule has 0 aliphatic rings. The highest BCUT2D eigenvalue weighted by Crippen LogP contribution is 2.27. The molecule has 0 unspecified atom stereocenters. The lowest BCUT2D eigenvalue weighted by molar-refractivity contribution is 0.584. The predicted molar refractivity (Wildman–Crippen MR) is 83.0 cm³/mol. The zero-order chi connectivity index (χ0) is 14.0. The molecule has 0 saturated carbocycles. The van der Waals surface area contributed by atoms with E-state index in [0.29, 0.717) is 10.8 Å². The minimum atomic E-state index is -3.47. The van der Waals surface area contributed by atoms with Gasteiger partial charge in [0.05, 0.1) is 0 Å². The normalized spacial score (nSPS) is 11.9. The Hall–Kier alpha value is -0.250. The average Bonchev–Trinajstić information content (AvgIpc) is 2.93. The first-order chi connectivity index (χ1) is 8.94. The minimum Gasteiger partial charge on any atom is -0.326 e. The second kappa shape index (κ2) is 6.02. The van der Waals surface area contributed by atoms with E-state index >= 15 is 0 Å². The third-order valence-electron chi connectivity index (χ3n) is 2.56. The molecule has 4 nitrogen and oxygen atoms in total. The maximum absolute atomic E-state index is 12.2. The lowest BCUT2D eigenvalue weighted by Gasteiger charge is -2.03. The summed E-state index contributed by atoms with van der Waals surface area (Å²) < 4.78 is 28.2. The molecule has 3 N–H and O–H groups in total. The van der Waals surface area contributed by atoms with Gasteiger partial charge in [0.15, 0.2) is 0 Å². The Bertz CT molecular complexity index is 676. The number of nitrogens with one attached hydrogen (secondary N) is 1. The van der Waals surface area contributed by atoms with Crippen molar-refractivity contribution in [3.8, 4) is 0 Å². The van der Waals surface area contributed by atoms with Crippen LogP contribution < -0.4 is 10.5 Å². The number of hydrogen-bond acceptors (Lipinski definition) is 5. The Kier molecular flexibility index (Phi) is 4.80. The molecule has 2 aromatic rings. The summed E-state index contributed by atoms with van der Waals surface area (Å²) in [6, 6.07) is 3.56. The standard InChI is InChI=1S/C11H13BrN2O2S3/c1-7-4-11(18-9(7)5-13)19(15,16)14-6-10-8(12)2-3-17-10/h2-4,14H,5-6,13H2,1H3. The number of thiophene rings is 2. The van der Waals surface area contributed by atoms with Crippen LogP contribution in [0.15, 0.2) is 26.2 Å². The predicted octanol–water partition coefficient (Wildman–Crippen LogP) is 2.82. The zero-order valence-corrected chi connectivity index (χ0v) is 14.2. The quantitative estimate of drug-likeness (QED) is 0.837. The Labute approximate surface area is 128 Å². The largest absolute Gasteiger partial charge is 0.326 e. The van der Waals surface area contributed by atoms with Crippen LogP contribution in [0.2, 0.25) is 0 Å². The fourth-order valence-corrected chi connectivity index (χ4v) is 5.54. The Morgan fingerprint density at radius 3 is 2.68 bits per heavy atom. The van der Waals surface area contributed by atoms with Gasteiger partial charge in [-0.2, -0.15) is 0 Å². The second-order valence-corrected chi connectivity index (χ2v) is 8.88. The topological polar surface area (TPSA) is 72.2 Å². The van der Waals surface area contributed by atoms with Crippen molar-refractivity contribution in [2.45, 2.75) is 24.2 Å². The maximum atomic E-state index is 12.2. The van der Waals surface area contributed by atoms with Gasteiger partial charge in [0.2, 0.25) is 10.0 Å². The molecule has 2 rings (SSSR count). The number of halogens is 1. The monoisotopic (exact) mass is 380 g/mol. The van der Waals surface area contributed by atoms with Crippen LogP contribution in [0.4, 0.5) is 0 Å². The van der Waals surface area contributed by atoms with Gasteiger partial charge in [-0.3, -0.25) is 0 Å². The van der Waals surface area contributed by atoms with Crippen LogP contribution in [0.3, 0.4) is 0 Å². The molecular formula is C11H13BrN2O2S3. The number of hydrogen-bond donors (Lipinski definition) is 2. The van der Waals surface area contributed by atoms with E-state index < -0.39 is 10.0 Å². The van der Waals surface area contributed by atoms with Gasteiger partial charge in [-0.25, -0.2) is 13.1 Å². The third kappa shape index (κ3) is 3.45. The molecule has 0 fully saturated rings. The molecule has 2 heterocycles. The van der Waals surface area contributed by atoms with Gasteiger partial charge < -0.3 is 5.73 Å². The van der Waals surface area contributed by atoms with Gasteiger partial charge in [0.25, 0.3) is 0 Å². The summed E-state index contributed by atoms with van der Waals surface area (Å²) in [5.41, 5.74) is 6.49. The molecule has 0 bridgehead atoms. The molecule has 8 heteroatoms. The molecular weight excluding hydrogens is 368 g/mol. The lowest BCUT2D eigenvalue weighted by atomic mass is 10.3. The van der Waals surface area contributed by atoms with Gasteiger partial charge in [-0.1, -0.05) is 0 Å². The van der Waals surface area contributed by atoms with Crippen molar-refractivity contribution >= 4 is 48.6 Å². The van der Waals surface area contributed by atoms with Crippen LogP contribution in [-0.4, -0.2) is 8.42 Å². The van der Waals surface area contributed by atoms with Crippen LogP contribution in [0.25, 0.3) is 0 Å². The molecule has 19 heavy (non-hydrogen) atoms. The van der Waals surface area contributed by atoms with Crippen LogP contribution in [0, 0.1) is 6.92 Å². The Morgan fingerprint density at radius 2 is 2.16 bits per heavy atom. The SMILES string of the molecule is Cc1cc(S(=O)(=O)NCc2sccc2Br)sc1CN. The summed E-state index contributed by atoms with van der Waals surface area (Å²) in [5.74, 6) is 0. The first-order valence-corrected chi connectivity index (χ1v) is 9.42. The van der Waals surface area contributed by atoms with Crippen LogP contribution in [0.5, 0.6) is 0 Å². The molecule has 0 spiro atoms. The van der Waals surface area contributed by atoms with E-state index in [2.05, 4.69) is 20.7 Å². The van der Waals surface area contributed by atoms with Crippen molar-refractivity contribution in [3.63, 3.8) is 0 Å². The molecule has 0 atom stereocenters. The van der Waals surface area contributed by atoms with E-state index in [1.165, 1.54) is 22.7 Å². The van der Waals surface area contributed by atoms with Crippen molar-refractivity contribution in [1.82, 2.24) is 4.72 Å². The molecule has 0 amide bonds. The van der Waals surface area contributed by atoms with Gasteiger partial charge in [0.1, 0.15) is 4.21 Å². The summed E-state index contributed by atoms with van der Waals surface area (Å²) in [5, 5.41) is 1.91. The highest BCUT2D eigenvalue weighted by molar-refractivity contribution is 9.10. The van der Waals surface area contributed by atoms with E-state index in [1.54, 1.807) is 6.07 Å². The average molecular weight is 381 g/mol. The number of rotatable bonds is 5. The maximum Gasteiger partial charge on any atom is 0.250 e. The fourth-order valence-electron chi connectivity index (χ4n) is 1.51.